The molecule has 1 aliphatic rings. The molecule has 1 saturated heterocycles. The number of hydrogen-bond donors (Lipinski definition) is 0. The average Bonchev–Trinajstić information content (AvgIpc) is 3.45. The van der Waals surface area contributed by atoms with Gasteiger partial charge < -0.3 is 4.90 Å². The van der Waals surface area contributed by atoms with E-state index in [2.05, 4.69) is 16.1 Å². The fourth-order valence-electron chi connectivity index (χ4n) is 3.71. The van der Waals surface area contributed by atoms with Gasteiger partial charge in [-0.05, 0) is 25.0 Å². The van der Waals surface area contributed by atoms with Crippen molar-refractivity contribution in [3.05, 3.63) is 65.4 Å². The Hall–Kier alpha value is -3.06. The van der Waals surface area contributed by atoms with E-state index in [0.717, 1.165) is 33.6 Å². The van der Waals surface area contributed by atoms with Crippen molar-refractivity contribution >= 4 is 27.5 Å². The first-order valence-electron chi connectivity index (χ1n) is 9.33. The SMILES string of the molecule is Cn1nc(-c2ccccc2)nc1C(=O)N1CCC[C@@H]1c1nc2ccccc2s1. The van der Waals surface area contributed by atoms with Crippen LogP contribution in [0.25, 0.3) is 21.6 Å². The van der Waals surface area contributed by atoms with E-state index in [1.54, 1.807) is 23.1 Å². The molecular formula is C21H19N5OS. The van der Waals surface area contributed by atoms with Gasteiger partial charge in [0.25, 0.3) is 5.91 Å². The second-order valence-electron chi connectivity index (χ2n) is 6.93. The lowest BCUT2D eigenvalue weighted by atomic mass is 10.2. The van der Waals surface area contributed by atoms with Gasteiger partial charge in [-0.25, -0.2) is 14.6 Å². The molecule has 4 aromatic rings. The Labute approximate surface area is 166 Å². The largest absolute Gasteiger partial charge is 0.326 e. The lowest BCUT2D eigenvalue weighted by molar-refractivity contribution is 0.0718. The first kappa shape index (κ1) is 17.1. The maximum Gasteiger partial charge on any atom is 0.292 e. The molecule has 5 rings (SSSR count). The number of fused-ring (bicyclic) bond motifs is 1. The van der Waals surface area contributed by atoms with Crippen molar-refractivity contribution in [1.82, 2.24) is 24.6 Å². The molecule has 2 aromatic heterocycles. The molecule has 1 fully saturated rings. The Morgan fingerprint density at radius 1 is 1.07 bits per heavy atom. The average molecular weight is 389 g/mol. The van der Waals surface area contributed by atoms with Gasteiger partial charge in [-0.15, -0.1) is 11.3 Å². The Bertz CT molecular complexity index is 1120. The molecule has 0 bridgehead atoms. The molecule has 6 nitrogen and oxygen atoms in total. The topological polar surface area (TPSA) is 63.9 Å². The molecule has 140 valence electrons. The summed E-state index contributed by atoms with van der Waals surface area (Å²) >= 11 is 1.67. The highest BCUT2D eigenvalue weighted by Gasteiger charge is 2.35. The van der Waals surface area contributed by atoms with Crippen LogP contribution in [0.4, 0.5) is 0 Å². The normalized spacial score (nSPS) is 16.8. The van der Waals surface area contributed by atoms with Gasteiger partial charge in [0.05, 0.1) is 16.3 Å². The highest BCUT2D eigenvalue weighted by Crippen LogP contribution is 2.37. The zero-order valence-electron chi connectivity index (χ0n) is 15.4. The van der Waals surface area contributed by atoms with Gasteiger partial charge in [0.1, 0.15) is 5.01 Å². The van der Waals surface area contributed by atoms with Crippen LogP contribution in [0.15, 0.2) is 54.6 Å². The van der Waals surface area contributed by atoms with Gasteiger partial charge in [0.2, 0.25) is 5.82 Å². The second kappa shape index (κ2) is 6.83. The molecule has 1 amide bonds. The van der Waals surface area contributed by atoms with Gasteiger partial charge in [-0.2, -0.15) is 5.10 Å². The number of carbonyl (C=O) groups is 1. The highest BCUT2D eigenvalue weighted by molar-refractivity contribution is 7.18. The molecule has 0 unspecified atom stereocenters. The lowest BCUT2D eigenvalue weighted by Crippen LogP contribution is -2.32. The van der Waals surface area contributed by atoms with Crippen molar-refractivity contribution < 1.29 is 4.79 Å². The van der Waals surface area contributed by atoms with E-state index in [1.807, 2.05) is 53.4 Å². The Kier molecular flexibility index (Phi) is 4.16. The van der Waals surface area contributed by atoms with E-state index in [4.69, 9.17) is 4.98 Å². The first-order valence-corrected chi connectivity index (χ1v) is 10.2. The fraction of sp³-hybridized carbons (Fsp3) is 0.238. The molecule has 3 heterocycles. The van der Waals surface area contributed by atoms with Gasteiger partial charge >= 0.3 is 0 Å². The quantitative estimate of drug-likeness (QED) is 0.530. The van der Waals surface area contributed by atoms with Crippen molar-refractivity contribution in [3.8, 4) is 11.4 Å². The highest BCUT2D eigenvalue weighted by atomic mass is 32.1. The number of para-hydroxylation sites is 1. The fourth-order valence-corrected chi connectivity index (χ4v) is 4.82. The number of rotatable bonds is 3. The predicted octanol–water partition coefficient (Wildman–Crippen LogP) is 4.07. The van der Waals surface area contributed by atoms with Crippen molar-refractivity contribution in [1.29, 1.82) is 0 Å². The van der Waals surface area contributed by atoms with Crippen molar-refractivity contribution in [3.63, 3.8) is 0 Å². The number of benzene rings is 2. The molecule has 0 radical (unpaired) electrons. The number of aromatic nitrogens is 4. The van der Waals surface area contributed by atoms with E-state index in [-0.39, 0.29) is 11.9 Å². The third-order valence-corrected chi connectivity index (χ3v) is 6.23. The Balaban J connectivity index is 1.47. The van der Waals surface area contributed by atoms with Crippen LogP contribution in [-0.2, 0) is 7.05 Å². The number of aryl methyl sites for hydroxylation is 1. The number of amides is 1. The molecule has 0 aliphatic carbocycles. The van der Waals surface area contributed by atoms with Crippen LogP contribution in [-0.4, -0.2) is 37.1 Å². The molecule has 0 spiro atoms. The monoisotopic (exact) mass is 389 g/mol. The molecule has 28 heavy (non-hydrogen) atoms. The standard InChI is InChI=1S/C21H19N5OS/c1-25-19(23-18(24-25)14-8-3-2-4-9-14)21(27)26-13-7-11-16(26)20-22-15-10-5-6-12-17(15)28-20/h2-6,8-10,12,16H,7,11,13H2,1H3/t16-/m1/s1. The van der Waals surface area contributed by atoms with Gasteiger partial charge in [0.15, 0.2) is 5.82 Å². The zero-order chi connectivity index (χ0) is 19.1. The second-order valence-corrected chi connectivity index (χ2v) is 7.99. The van der Waals surface area contributed by atoms with Gasteiger partial charge in [-0.1, -0.05) is 42.5 Å². The number of thiazole rings is 1. The van der Waals surface area contributed by atoms with Crippen LogP contribution in [0.1, 0.15) is 34.5 Å². The zero-order valence-corrected chi connectivity index (χ0v) is 16.3. The van der Waals surface area contributed by atoms with E-state index >= 15 is 0 Å². The summed E-state index contributed by atoms with van der Waals surface area (Å²) in [5, 5.41) is 5.45. The number of hydrogen-bond acceptors (Lipinski definition) is 5. The maximum absolute atomic E-state index is 13.3. The summed E-state index contributed by atoms with van der Waals surface area (Å²) in [6.07, 6.45) is 1.89. The summed E-state index contributed by atoms with van der Waals surface area (Å²) in [6, 6.07) is 17.8. The predicted molar refractivity (Wildman–Crippen MR) is 109 cm³/mol. The lowest BCUT2D eigenvalue weighted by Gasteiger charge is -2.22. The van der Waals surface area contributed by atoms with Crippen molar-refractivity contribution in [2.45, 2.75) is 18.9 Å². The minimum Gasteiger partial charge on any atom is -0.326 e. The van der Waals surface area contributed by atoms with E-state index in [9.17, 15) is 4.79 Å². The third-order valence-electron chi connectivity index (χ3n) is 5.10. The Morgan fingerprint density at radius 3 is 2.68 bits per heavy atom. The minimum absolute atomic E-state index is 0.00164. The summed E-state index contributed by atoms with van der Waals surface area (Å²) in [5.74, 6) is 0.855. The molecule has 0 N–H and O–H groups in total. The van der Waals surface area contributed by atoms with Gasteiger partial charge in [0, 0.05) is 19.2 Å². The van der Waals surface area contributed by atoms with Crippen molar-refractivity contribution in [2.24, 2.45) is 7.05 Å². The summed E-state index contributed by atoms with van der Waals surface area (Å²) in [4.78, 5) is 24.5. The molecule has 7 heteroatoms. The van der Waals surface area contributed by atoms with Crippen LogP contribution in [0.2, 0.25) is 0 Å². The van der Waals surface area contributed by atoms with Gasteiger partial charge in [-0.3, -0.25) is 4.79 Å². The number of likely N-dealkylation sites (tertiary alicyclic amines) is 1. The maximum atomic E-state index is 13.3. The van der Waals surface area contributed by atoms with E-state index in [1.165, 1.54) is 0 Å². The van der Waals surface area contributed by atoms with Crippen LogP contribution in [0.3, 0.4) is 0 Å². The van der Waals surface area contributed by atoms with Crippen LogP contribution >= 0.6 is 11.3 Å². The minimum atomic E-state index is -0.0843. The van der Waals surface area contributed by atoms with Crippen LogP contribution in [0.5, 0.6) is 0 Å². The number of nitrogens with zero attached hydrogens (tertiary/aromatic N) is 5. The first-order chi connectivity index (χ1) is 13.7. The van der Waals surface area contributed by atoms with Crippen LogP contribution < -0.4 is 0 Å². The van der Waals surface area contributed by atoms with Crippen molar-refractivity contribution in [2.75, 3.05) is 6.54 Å². The molecule has 2 aromatic carbocycles. The van der Waals surface area contributed by atoms with Crippen LogP contribution in [0, 0.1) is 0 Å². The summed E-state index contributed by atoms with van der Waals surface area (Å²) in [6.45, 7) is 0.715. The third kappa shape index (κ3) is 2.88. The van der Waals surface area contributed by atoms with E-state index < -0.39 is 0 Å². The molecule has 1 aliphatic heterocycles. The molecule has 1 atom stereocenters. The van der Waals surface area contributed by atoms with E-state index in [0.29, 0.717) is 18.2 Å². The summed E-state index contributed by atoms with van der Waals surface area (Å²) < 4.78 is 2.74. The summed E-state index contributed by atoms with van der Waals surface area (Å²) in [7, 11) is 1.77. The smallest absolute Gasteiger partial charge is 0.292 e. The summed E-state index contributed by atoms with van der Waals surface area (Å²) in [5.41, 5.74) is 1.90. The molecular weight excluding hydrogens is 370 g/mol. The Morgan fingerprint density at radius 2 is 1.86 bits per heavy atom. The number of carbonyl (C=O) groups excluding carboxylic acids is 1. The molecule has 0 saturated carbocycles.